The maximum absolute atomic E-state index is 12.4. The number of carbonyl (C=O) groups is 1. The zero-order valence-electron chi connectivity index (χ0n) is 18.1. The number of hydrazine groups is 1. The molecule has 2 aromatic rings. The van der Waals surface area contributed by atoms with E-state index in [1.54, 1.807) is 7.11 Å². The maximum atomic E-state index is 12.4. The van der Waals surface area contributed by atoms with E-state index >= 15 is 0 Å². The predicted octanol–water partition coefficient (Wildman–Crippen LogP) is 3.01. The molecule has 1 saturated heterocycles. The molecule has 10 heteroatoms. The van der Waals surface area contributed by atoms with E-state index in [0.29, 0.717) is 12.3 Å². The molecule has 0 radical (unpaired) electrons. The number of hydrogen-bond acceptors (Lipinski definition) is 8. The van der Waals surface area contributed by atoms with Gasteiger partial charge in [0, 0.05) is 24.0 Å². The Balaban J connectivity index is 1.12. The molecule has 0 aliphatic carbocycles. The number of hydrogen-bond donors (Lipinski definition) is 3. The van der Waals surface area contributed by atoms with Crippen LogP contribution in [0.15, 0.2) is 66.0 Å². The van der Waals surface area contributed by atoms with Crippen molar-refractivity contribution in [3.8, 4) is 5.75 Å². The Kier molecular flexibility index (Phi) is 6.34. The summed E-state index contributed by atoms with van der Waals surface area (Å²) in [7, 11) is 1.63. The third kappa shape index (κ3) is 4.75. The van der Waals surface area contributed by atoms with Gasteiger partial charge in [0.25, 0.3) is 0 Å². The van der Waals surface area contributed by atoms with Gasteiger partial charge in [0.2, 0.25) is 5.91 Å². The fourth-order valence-corrected chi connectivity index (χ4v) is 5.12. The monoisotopic (exact) mass is 484 g/mol. The predicted molar refractivity (Wildman–Crippen MR) is 130 cm³/mol. The minimum Gasteiger partial charge on any atom is -0.497 e. The van der Waals surface area contributed by atoms with E-state index in [-0.39, 0.29) is 24.2 Å². The lowest BCUT2D eigenvalue weighted by molar-refractivity contribution is -0.118. The number of nitrogens with one attached hydrogen (secondary N) is 3. The van der Waals surface area contributed by atoms with Crippen LogP contribution in [0.2, 0.25) is 5.02 Å². The zero-order valence-corrected chi connectivity index (χ0v) is 19.6. The van der Waals surface area contributed by atoms with Crippen LogP contribution >= 0.6 is 23.4 Å². The van der Waals surface area contributed by atoms with Gasteiger partial charge < -0.3 is 20.0 Å². The summed E-state index contributed by atoms with van der Waals surface area (Å²) in [5.74, 6) is 1.07. The number of halogens is 1. The van der Waals surface area contributed by atoms with Crippen LogP contribution in [0.4, 0.5) is 0 Å². The van der Waals surface area contributed by atoms with Gasteiger partial charge in [-0.1, -0.05) is 47.6 Å². The second-order valence-corrected chi connectivity index (χ2v) is 9.41. The van der Waals surface area contributed by atoms with Crippen LogP contribution in [0.1, 0.15) is 23.6 Å². The highest BCUT2D eigenvalue weighted by molar-refractivity contribution is 8.14. The average Bonchev–Trinajstić information content (AvgIpc) is 3.46. The Hall–Kier alpha value is -2.88. The first-order valence-corrected chi connectivity index (χ1v) is 12.1. The number of nitrogens with zero attached hydrogens (tertiary/aromatic N) is 3. The number of amides is 1. The molecule has 3 atom stereocenters. The van der Waals surface area contributed by atoms with Gasteiger partial charge in [-0.15, -0.1) is 0 Å². The summed E-state index contributed by atoms with van der Waals surface area (Å²) in [5.41, 5.74) is 9.03. The Morgan fingerprint density at radius 2 is 2.00 bits per heavy atom. The van der Waals surface area contributed by atoms with Crippen molar-refractivity contribution in [2.45, 2.75) is 31.2 Å². The lowest BCUT2D eigenvalue weighted by Gasteiger charge is -2.36. The normalized spacial score (nSPS) is 23.0. The first kappa shape index (κ1) is 21.9. The molecule has 0 saturated carbocycles. The molecule has 0 aromatic heterocycles. The summed E-state index contributed by atoms with van der Waals surface area (Å²) >= 11 is 7.46. The lowest BCUT2D eigenvalue weighted by atomic mass is 10.00. The van der Waals surface area contributed by atoms with Gasteiger partial charge in [0.1, 0.15) is 11.9 Å². The molecule has 172 valence electrons. The largest absolute Gasteiger partial charge is 0.497 e. The Morgan fingerprint density at radius 3 is 2.76 bits per heavy atom. The molecular formula is C23H25ClN6O2S. The van der Waals surface area contributed by atoms with Gasteiger partial charge in [-0.3, -0.25) is 10.2 Å². The second kappa shape index (κ2) is 9.54. The summed E-state index contributed by atoms with van der Waals surface area (Å²) in [5, 5.41) is 11.1. The number of benzene rings is 2. The van der Waals surface area contributed by atoms with Crippen molar-refractivity contribution in [1.29, 1.82) is 0 Å². The van der Waals surface area contributed by atoms with Gasteiger partial charge in [0.05, 0.1) is 24.9 Å². The number of hydrazone groups is 1. The van der Waals surface area contributed by atoms with Gasteiger partial charge in [-0.2, -0.15) is 5.10 Å². The topological polar surface area (TPSA) is 81.2 Å². The molecule has 3 aliphatic rings. The fourth-order valence-electron chi connectivity index (χ4n) is 4.19. The van der Waals surface area contributed by atoms with Gasteiger partial charge in [-0.05, 0) is 41.8 Å². The number of amidine groups is 1. The average molecular weight is 485 g/mol. The van der Waals surface area contributed by atoms with Gasteiger partial charge >= 0.3 is 0 Å². The van der Waals surface area contributed by atoms with Crippen molar-refractivity contribution < 1.29 is 9.53 Å². The number of methoxy groups -OCH3 is 1. The molecular weight excluding hydrogens is 460 g/mol. The van der Waals surface area contributed by atoms with Crippen molar-refractivity contribution in [3.63, 3.8) is 0 Å². The van der Waals surface area contributed by atoms with Crippen molar-refractivity contribution in [2.24, 2.45) is 5.10 Å². The molecule has 8 nitrogen and oxygen atoms in total. The lowest BCUT2D eigenvalue weighted by Crippen LogP contribution is -2.54. The van der Waals surface area contributed by atoms with Crippen LogP contribution in [0.3, 0.4) is 0 Å². The summed E-state index contributed by atoms with van der Waals surface area (Å²) in [6, 6.07) is 16.0. The van der Waals surface area contributed by atoms with Crippen LogP contribution in [0, 0.1) is 0 Å². The number of fused-ring (bicyclic) bond motifs is 3. The Bertz CT molecular complexity index is 1060. The van der Waals surface area contributed by atoms with Gasteiger partial charge in [-0.25, -0.2) is 5.43 Å². The molecule has 3 aliphatic heterocycles. The van der Waals surface area contributed by atoms with Crippen LogP contribution < -0.4 is 20.9 Å². The highest BCUT2D eigenvalue weighted by Crippen LogP contribution is 2.35. The summed E-state index contributed by atoms with van der Waals surface area (Å²) in [6.45, 7) is 0.481. The van der Waals surface area contributed by atoms with Crippen molar-refractivity contribution in [3.05, 3.63) is 77.1 Å². The van der Waals surface area contributed by atoms with Crippen molar-refractivity contribution >= 4 is 34.4 Å². The second-order valence-electron chi connectivity index (χ2n) is 8.03. The SMILES string of the molecule is COc1ccc(CNC(=O)CSC2=NNC3C4CC(c5ccc(Cl)cc5)NN4C=CN23)cc1. The maximum Gasteiger partial charge on any atom is 0.230 e. The summed E-state index contributed by atoms with van der Waals surface area (Å²) < 4.78 is 5.16. The molecule has 3 unspecified atom stereocenters. The molecule has 5 rings (SSSR count). The molecule has 0 bridgehead atoms. The van der Waals surface area contributed by atoms with E-state index in [0.717, 1.165) is 27.9 Å². The van der Waals surface area contributed by atoms with E-state index in [1.165, 1.54) is 17.3 Å². The van der Waals surface area contributed by atoms with E-state index in [4.69, 9.17) is 16.3 Å². The minimum atomic E-state index is -0.0325. The van der Waals surface area contributed by atoms with Crippen molar-refractivity contribution in [2.75, 3.05) is 12.9 Å². The summed E-state index contributed by atoms with van der Waals surface area (Å²) in [6.07, 6.45) is 4.98. The third-order valence-electron chi connectivity index (χ3n) is 5.96. The molecule has 2 aromatic carbocycles. The van der Waals surface area contributed by atoms with Crippen LogP contribution in [0.5, 0.6) is 5.75 Å². The highest BCUT2D eigenvalue weighted by atomic mass is 35.5. The Labute approximate surface area is 202 Å². The Morgan fingerprint density at radius 1 is 1.21 bits per heavy atom. The van der Waals surface area contributed by atoms with E-state index < -0.39 is 0 Å². The first-order valence-electron chi connectivity index (χ1n) is 10.7. The zero-order chi connectivity index (χ0) is 22.8. The van der Waals surface area contributed by atoms with E-state index in [9.17, 15) is 4.79 Å². The minimum absolute atomic E-state index is 0.0182. The number of carbonyl (C=O) groups excluding carboxylic acids is 1. The summed E-state index contributed by atoms with van der Waals surface area (Å²) in [4.78, 5) is 14.5. The van der Waals surface area contributed by atoms with E-state index in [2.05, 4.69) is 43.3 Å². The number of ether oxygens (including phenoxy) is 1. The van der Waals surface area contributed by atoms with Gasteiger partial charge in [0.15, 0.2) is 5.17 Å². The third-order valence-corrected chi connectivity index (χ3v) is 7.18. The molecule has 3 N–H and O–H groups in total. The smallest absolute Gasteiger partial charge is 0.230 e. The van der Waals surface area contributed by atoms with Crippen LogP contribution in [0.25, 0.3) is 0 Å². The number of thioether (sulfide) groups is 1. The number of rotatable bonds is 6. The molecule has 0 spiro atoms. The molecule has 33 heavy (non-hydrogen) atoms. The van der Waals surface area contributed by atoms with Crippen molar-refractivity contribution in [1.82, 2.24) is 26.1 Å². The molecule has 3 heterocycles. The fraction of sp³-hybridized carbons (Fsp3) is 0.304. The van der Waals surface area contributed by atoms with Crippen LogP contribution in [-0.4, -0.2) is 46.1 Å². The highest BCUT2D eigenvalue weighted by Gasteiger charge is 2.44. The van der Waals surface area contributed by atoms with E-state index in [1.807, 2.05) is 48.8 Å². The first-order chi connectivity index (χ1) is 16.1. The molecule has 1 fully saturated rings. The molecule has 1 amide bonds. The van der Waals surface area contributed by atoms with Crippen LogP contribution in [-0.2, 0) is 11.3 Å². The standard InChI is InChI=1S/C23H25ClN6O2S/c1-32-18-8-2-15(3-9-18)13-25-21(31)14-33-23-27-26-22-20-12-19(16-4-6-17(24)7-5-16)28-30(20)11-10-29(22)23/h2-11,19-20,22,26,28H,12-14H2,1H3,(H,25,31). The quantitative estimate of drug-likeness (QED) is 0.581.